The van der Waals surface area contributed by atoms with Gasteiger partial charge in [0, 0.05) is 0 Å². The molecular formula is C17H24O2. The summed E-state index contributed by atoms with van der Waals surface area (Å²) in [6.45, 7) is 3.02. The molecule has 0 atom stereocenters. The molecule has 0 fully saturated rings. The minimum atomic E-state index is 0.781. The smallest absolute Gasteiger partial charge is 0.142 e. The van der Waals surface area contributed by atoms with Crippen LogP contribution in [0.5, 0.6) is 5.75 Å². The summed E-state index contributed by atoms with van der Waals surface area (Å²) in [6.07, 6.45) is 11.7. The van der Waals surface area contributed by atoms with Crippen LogP contribution in [0.25, 0.3) is 6.08 Å². The molecular weight excluding hydrogens is 236 g/mol. The fraction of sp³-hybridized carbons (Fsp3) is 0.471. The van der Waals surface area contributed by atoms with E-state index in [2.05, 4.69) is 6.92 Å². The molecule has 1 aromatic rings. The van der Waals surface area contributed by atoms with Gasteiger partial charge in [0.15, 0.2) is 0 Å². The van der Waals surface area contributed by atoms with E-state index < -0.39 is 0 Å². The molecule has 0 saturated carbocycles. The Morgan fingerprint density at radius 2 is 1.68 bits per heavy atom. The zero-order valence-corrected chi connectivity index (χ0v) is 11.8. The average molecular weight is 260 g/mol. The summed E-state index contributed by atoms with van der Waals surface area (Å²) < 4.78 is 5.68. The van der Waals surface area contributed by atoms with Crippen molar-refractivity contribution in [2.45, 2.75) is 45.4 Å². The zero-order valence-electron chi connectivity index (χ0n) is 11.8. The first-order valence-electron chi connectivity index (χ1n) is 7.21. The van der Waals surface area contributed by atoms with Crippen LogP contribution in [0.3, 0.4) is 0 Å². The number of ether oxygens (including phenoxy) is 1. The molecule has 0 radical (unpaired) electrons. The van der Waals surface area contributed by atoms with Crippen molar-refractivity contribution in [2.75, 3.05) is 6.61 Å². The number of benzene rings is 1. The van der Waals surface area contributed by atoms with E-state index in [0.29, 0.717) is 0 Å². The Bertz CT molecular complexity index is 365. The first kappa shape index (κ1) is 15.5. The van der Waals surface area contributed by atoms with Crippen molar-refractivity contribution in [3.05, 3.63) is 35.9 Å². The van der Waals surface area contributed by atoms with Gasteiger partial charge in [-0.1, -0.05) is 57.2 Å². The van der Waals surface area contributed by atoms with E-state index in [1.54, 1.807) is 6.08 Å². The quantitative estimate of drug-likeness (QED) is 0.348. The molecule has 0 spiro atoms. The first-order chi connectivity index (χ1) is 9.36. The Kier molecular flexibility index (Phi) is 8.45. The van der Waals surface area contributed by atoms with Gasteiger partial charge in [-0.15, -0.1) is 0 Å². The van der Waals surface area contributed by atoms with E-state index in [9.17, 15) is 4.79 Å². The maximum Gasteiger partial charge on any atom is 0.142 e. The maximum absolute atomic E-state index is 10.2. The molecule has 0 heterocycles. The van der Waals surface area contributed by atoms with E-state index in [0.717, 1.165) is 30.6 Å². The third-order valence-corrected chi connectivity index (χ3v) is 3.01. The highest BCUT2D eigenvalue weighted by molar-refractivity contribution is 5.73. The molecule has 0 aromatic heterocycles. The highest BCUT2D eigenvalue weighted by Crippen LogP contribution is 2.14. The van der Waals surface area contributed by atoms with E-state index in [-0.39, 0.29) is 0 Å². The standard InChI is InChI=1S/C17H24O2/c1-2-3-4-5-6-7-15-19-17-12-10-16(11-13-17)9-8-14-18/h8-14H,2-7,15H2,1H3/b9-8+. The molecule has 0 unspecified atom stereocenters. The third-order valence-electron chi connectivity index (χ3n) is 3.01. The van der Waals surface area contributed by atoms with Crippen molar-refractivity contribution in [3.63, 3.8) is 0 Å². The predicted molar refractivity (Wildman–Crippen MR) is 80.4 cm³/mol. The van der Waals surface area contributed by atoms with Crippen LogP contribution in [-0.2, 0) is 4.79 Å². The Morgan fingerprint density at radius 1 is 1.00 bits per heavy atom. The molecule has 0 aliphatic rings. The van der Waals surface area contributed by atoms with Crippen molar-refractivity contribution in [2.24, 2.45) is 0 Å². The summed E-state index contributed by atoms with van der Waals surface area (Å²) in [7, 11) is 0. The molecule has 2 heteroatoms. The van der Waals surface area contributed by atoms with Crippen LogP contribution in [0.1, 0.15) is 51.0 Å². The number of allylic oxidation sites excluding steroid dienone is 1. The summed E-state index contributed by atoms with van der Waals surface area (Å²) in [4.78, 5) is 10.2. The maximum atomic E-state index is 10.2. The van der Waals surface area contributed by atoms with E-state index in [4.69, 9.17) is 4.74 Å². The van der Waals surface area contributed by atoms with Crippen LogP contribution < -0.4 is 4.74 Å². The van der Waals surface area contributed by atoms with Crippen LogP contribution in [0.15, 0.2) is 30.3 Å². The largest absolute Gasteiger partial charge is 0.494 e. The molecule has 0 saturated heterocycles. The van der Waals surface area contributed by atoms with Gasteiger partial charge >= 0.3 is 0 Å². The Morgan fingerprint density at radius 3 is 2.37 bits per heavy atom. The molecule has 19 heavy (non-hydrogen) atoms. The number of carbonyl (C=O) groups excluding carboxylic acids is 1. The number of aldehydes is 1. The molecule has 0 N–H and O–H groups in total. The fourth-order valence-corrected chi connectivity index (χ4v) is 1.90. The lowest BCUT2D eigenvalue weighted by Crippen LogP contribution is -1.97. The lowest BCUT2D eigenvalue weighted by Gasteiger charge is -2.06. The lowest BCUT2D eigenvalue weighted by molar-refractivity contribution is -0.104. The fourth-order valence-electron chi connectivity index (χ4n) is 1.90. The van der Waals surface area contributed by atoms with Gasteiger partial charge in [0.25, 0.3) is 0 Å². The summed E-state index contributed by atoms with van der Waals surface area (Å²) >= 11 is 0. The van der Waals surface area contributed by atoms with Crippen LogP contribution >= 0.6 is 0 Å². The molecule has 0 aliphatic carbocycles. The van der Waals surface area contributed by atoms with E-state index in [1.807, 2.05) is 24.3 Å². The number of hydrogen-bond donors (Lipinski definition) is 0. The van der Waals surface area contributed by atoms with Crippen molar-refractivity contribution in [1.29, 1.82) is 0 Å². The number of hydrogen-bond acceptors (Lipinski definition) is 2. The zero-order chi connectivity index (χ0) is 13.8. The van der Waals surface area contributed by atoms with Crippen LogP contribution in [0.2, 0.25) is 0 Å². The predicted octanol–water partition coefficient (Wildman–Crippen LogP) is 4.64. The van der Waals surface area contributed by atoms with E-state index in [1.165, 1.54) is 38.2 Å². The lowest BCUT2D eigenvalue weighted by atomic mass is 10.1. The van der Waals surface area contributed by atoms with Gasteiger partial charge in [-0.2, -0.15) is 0 Å². The molecule has 0 amide bonds. The second-order valence-corrected chi connectivity index (χ2v) is 4.68. The van der Waals surface area contributed by atoms with Crippen LogP contribution in [0, 0.1) is 0 Å². The Labute approximate surface area is 116 Å². The van der Waals surface area contributed by atoms with Crippen molar-refractivity contribution in [3.8, 4) is 5.75 Å². The second kappa shape index (κ2) is 10.4. The average Bonchev–Trinajstić information content (AvgIpc) is 2.45. The van der Waals surface area contributed by atoms with Crippen molar-refractivity contribution in [1.82, 2.24) is 0 Å². The van der Waals surface area contributed by atoms with Gasteiger partial charge in [0.05, 0.1) is 6.61 Å². The molecule has 1 aromatic carbocycles. The number of unbranched alkanes of at least 4 members (excludes halogenated alkanes) is 5. The molecule has 104 valence electrons. The minimum Gasteiger partial charge on any atom is -0.494 e. The van der Waals surface area contributed by atoms with Gasteiger partial charge in [0.2, 0.25) is 0 Å². The van der Waals surface area contributed by atoms with Gasteiger partial charge in [0.1, 0.15) is 12.0 Å². The topological polar surface area (TPSA) is 26.3 Å². The highest BCUT2D eigenvalue weighted by Gasteiger charge is 1.94. The normalized spacial score (nSPS) is 10.8. The van der Waals surface area contributed by atoms with Gasteiger partial charge in [-0.3, -0.25) is 4.79 Å². The minimum absolute atomic E-state index is 0.781. The Balaban J connectivity index is 2.15. The molecule has 0 bridgehead atoms. The van der Waals surface area contributed by atoms with E-state index >= 15 is 0 Å². The number of carbonyl (C=O) groups is 1. The first-order valence-corrected chi connectivity index (χ1v) is 7.21. The second-order valence-electron chi connectivity index (χ2n) is 4.68. The van der Waals surface area contributed by atoms with Crippen LogP contribution in [0.4, 0.5) is 0 Å². The number of rotatable bonds is 10. The van der Waals surface area contributed by atoms with Gasteiger partial charge in [-0.05, 0) is 30.2 Å². The molecule has 1 rings (SSSR count). The van der Waals surface area contributed by atoms with Gasteiger partial charge < -0.3 is 4.74 Å². The SMILES string of the molecule is CCCCCCCCOc1ccc(/C=C/C=O)cc1. The summed E-state index contributed by atoms with van der Waals surface area (Å²) in [6, 6.07) is 7.80. The molecule has 0 aliphatic heterocycles. The Hall–Kier alpha value is -1.57. The highest BCUT2D eigenvalue weighted by atomic mass is 16.5. The summed E-state index contributed by atoms with van der Waals surface area (Å²) in [5.74, 6) is 0.900. The monoisotopic (exact) mass is 260 g/mol. The van der Waals surface area contributed by atoms with Crippen molar-refractivity contribution < 1.29 is 9.53 Å². The molecule has 2 nitrogen and oxygen atoms in total. The van der Waals surface area contributed by atoms with Crippen LogP contribution in [-0.4, -0.2) is 12.9 Å². The summed E-state index contributed by atoms with van der Waals surface area (Å²) in [5, 5.41) is 0. The summed E-state index contributed by atoms with van der Waals surface area (Å²) in [5.41, 5.74) is 1.01. The van der Waals surface area contributed by atoms with Gasteiger partial charge in [-0.25, -0.2) is 0 Å². The third kappa shape index (κ3) is 7.45. The van der Waals surface area contributed by atoms with Crippen molar-refractivity contribution >= 4 is 12.4 Å².